The van der Waals surface area contributed by atoms with Crippen molar-refractivity contribution >= 4 is 5.69 Å². The Morgan fingerprint density at radius 2 is 1.68 bits per heavy atom. The molecule has 0 aromatic heterocycles. The van der Waals surface area contributed by atoms with Gasteiger partial charge in [0.15, 0.2) is 0 Å². The summed E-state index contributed by atoms with van der Waals surface area (Å²) in [5.41, 5.74) is 6.48. The Morgan fingerprint density at radius 3 is 2.11 bits per heavy atom. The maximum atomic E-state index is 14.1. The predicted molar refractivity (Wildman–Crippen MR) is 76.5 cm³/mol. The first-order valence-corrected chi connectivity index (χ1v) is 6.86. The van der Waals surface area contributed by atoms with Gasteiger partial charge in [0, 0.05) is 19.1 Å². The van der Waals surface area contributed by atoms with Crippen molar-refractivity contribution in [1.29, 1.82) is 0 Å². The van der Waals surface area contributed by atoms with Crippen LogP contribution in [0.4, 0.5) is 14.5 Å². The molecule has 2 nitrogen and oxygen atoms in total. The van der Waals surface area contributed by atoms with Gasteiger partial charge in [-0.25, -0.2) is 8.78 Å². The molecule has 0 heterocycles. The van der Waals surface area contributed by atoms with E-state index in [1.54, 1.807) is 11.9 Å². The van der Waals surface area contributed by atoms with Crippen molar-refractivity contribution in [3.63, 3.8) is 0 Å². The maximum absolute atomic E-state index is 14.1. The van der Waals surface area contributed by atoms with E-state index in [0.29, 0.717) is 12.0 Å². The summed E-state index contributed by atoms with van der Waals surface area (Å²) in [6.45, 7) is 5.90. The van der Waals surface area contributed by atoms with E-state index >= 15 is 0 Å². The molecule has 4 heteroatoms. The molecule has 0 radical (unpaired) electrons. The van der Waals surface area contributed by atoms with E-state index in [1.165, 1.54) is 12.1 Å². The summed E-state index contributed by atoms with van der Waals surface area (Å²) in [5, 5.41) is 0. The number of benzene rings is 1. The van der Waals surface area contributed by atoms with Crippen LogP contribution in [0, 0.1) is 11.6 Å². The summed E-state index contributed by atoms with van der Waals surface area (Å²) in [5.74, 6) is -1.03. The van der Waals surface area contributed by atoms with Crippen LogP contribution in [0.25, 0.3) is 0 Å². The number of hydrogen-bond donors (Lipinski definition) is 1. The van der Waals surface area contributed by atoms with Crippen LogP contribution in [0.15, 0.2) is 12.1 Å². The summed E-state index contributed by atoms with van der Waals surface area (Å²) in [4.78, 5) is 1.65. The van der Waals surface area contributed by atoms with Crippen LogP contribution in [0.5, 0.6) is 0 Å². The molecule has 0 saturated carbocycles. The Balaban J connectivity index is 3.03. The van der Waals surface area contributed by atoms with Gasteiger partial charge in [0.05, 0.1) is 0 Å². The first kappa shape index (κ1) is 15.9. The Bertz CT molecular complexity index is 398. The van der Waals surface area contributed by atoms with Crippen molar-refractivity contribution in [1.82, 2.24) is 0 Å². The van der Waals surface area contributed by atoms with Crippen molar-refractivity contribution in [3.8, 4) is 0 Å². The standard InChI is InChI=1S/C15H24F2N2/c1-5-10(3)19(4)15-13(16)8-11(9-14(15)17)7-12(18)6-2/h8-10,12H,5-7,18H2,1-4H3. The number of rotatable bonds is 6. The van der Waals surface area contributed by atoms with E-state index in [9.17, 15) is 8.78 Å². The quantitative estimate of drug-likeness (QED) is 0.857. The second-order valence-corrected chi connectivity index (χ2v) is 5.15. The van der Waals surface area contributed by atoms with Crippen molar-refractivity contribution in [3.05, 3.63) is 29.3 Å². The number of hydrogen-bond acceptors (Lipinski definition) is 2. The molecule has 2 N–H and O–H groups in total. The number of nitrogens with zero attached hydrogens (tertiary/aromatic N) is 1. The lowest BCUT2D eigenvalue weighted by atomic mass is 10.0. The average Bonchev–Trinajstić information content (AvgIpc) is 2.36. The monoisotopic (exact) mass is 270 g/mol. The number of halogens is 2. The second kappa shape index (κ2) is 6.85. The van der Waals surface area contributed by atoms with Gasteiger partial charge >= 0.3 is 0 Å². The third-order valence-electron chi connectivity index (χ3n) is 3.70. The van der Waals surface area contributed by atoms with Gasteiger partial charge in [0.25, 0.3) is 0 Å². The highest BCUT2D eigenvalue weighted by Crippen LogP contribution is 2.26. The third kappa shape index (κ3) is 3.90. The van der Waals surface area contributed by atoms with Crippen molar-refractivity contribution in [2.24, 2.45) is 5.73 Å². The maximum Gasteiger partial charge on any atom is 0.149 e. The molecule has 2 atom stereocenters. The minimum Gasteiger partial charge on any atom is -0.367 e. The molecule has 0 saturated heterocycles. The lowest BCUT2D eigenvalue weighted by Crippen LogP contribution is -2.30. The zero-order valence-electron chi connectivity index (χ0n) is 12.2. The van der Waals surface area contributed by atoms with Crippen molar-refractivity contribution in [2.45, 2.75) is 52.1 Å². The predicted octanol–water partition coefficient (Wildman–Crippen LogP) is 3.48. The van der Waals surface area contributed by atoms with Crippen LogP contribution in [0.2, 0.25) is 0 Å². The van der Waals surface area contributed by atoms with Crippen LogP contribution in [0.3, 0.4) is 0 Å². The minimum absolute atomic E-state index is 0.0446. The molecular weight excluding hydrogens is 246 g/mol. The Kier molecular flexibility index (Phi) is 5.73. The molecule has 0 aliphatic rings. The smallest absolute Gasteiger partial charge is 0.149 e. The van der Waals surface area contributed by atoms with E-state index in [4.69, 9.17) is 5.73 Å². The van der Waals surface area contributed by atoms with E-state index in [1.807, 2.05) is 20.8 Å². The molecule has 0 fully saturated rings. The van der Waals surface area contributed by atoms with Crippen LogP contribution >= 0.6 is 0 Å². The first-order valence-electron chi connectivity index (χ1n) is 6.86. The summed E-state index contributed by atoms with van der Waals surface area (Å²) >= 11 is 0. The van der Waals surface area contributed by atoms with E-state index < -0.39 is 11.6 Å². The van der Waals surface area contributed by atoms with Gasteiger partial charge in [0.1, 0.15) is 17.3 Å². The van der Waals surface area contributed by atoms with Crippen LogP contribution < -0.4 is 10.6 Å². The fourth-order valence-corrected chi connectivity index (χ4v) is 2.01. The fourth-order valence-electron chi connectivity index (χ4n) is 2.01. The second-order valence-electron chi connectivity index (χ2n) is 5.15. The molecule has 19 heavy (non-hydrogen) atoms. The zero-order valence-corrected chi connectivity index (χ0v) is 12.2. The van der Waals surface area contributed by atoms with E-state index in [2.05, 4.69) is 0 Å². The Hall–Kier alpha value is -1.16. The largest absolute Gasteiger partial charge is 0.367 e. The van der Waals surface area contributed by atoms with E-state index in [0.717, 1.165) is 12.8 Å². The number of anilines is 1. The van der Waals surface area contributed by atoms with Gasteiger partial charge in [-0.1, -0.05) is 13.8 Å². The number of nitrogens with two attached hydrogens (primary N) is 1. The van der Waals surface area contributed by atoms with Gasteiger partial charge in [-0.15, -0.1) is 0 Å². The molecule has 1 aromatic rings. The topological polar surface area (TPSA) is 29.3 Å². The summed E-state index contributed by atoms with van der Waals surface area (Å²) < 4.78 is 28.2. The van der Waals surface area contributed by atoms with Crippen LogP contribution in [-0.2, 0) is 6.42 Å². The molecule has 1 aromatic carbocycles. The summed E-state index contributed by atoms with van der Waals surface area (Å²) in [7, 11) is 1.72. The van der Waals surface area contributed by atoms with Gasteiger partial charge in [-0.2, -0.15) is 0 Å². The highest BCUT2D eigenvalue weighted by atomic mass is 19.1. The average molecular weight is 270 g/mol. The molecule has 0 aliphatic carbocycles. The van der Waals surface area contributed by atoms with Gasteiger partial charge in [0.2, 0.25) is 0 Å². The molecular formula is C15H24F2N2. The molecule has 2 unspecified atom stereocenters. The molecule has 0 amide bonds. The lowest BCUT2D eigenvalue weighted by molar-refractivity contribution is 0.550. The SMILES string of the molecule is CCC(N)Cc1cc(F)c(N(C)C(C)CC)c(F)c1. The lowest BCUT2D eigenvalue weighted by Gasteiger charge is -2.27. The molecule has 0 aliphatic heterocycles. The highest BCUT2D eigenvalue weighted by Gasteiger charge is 2.18. The van der Waals surface area contributed by atoms with Gasteiger partial charge in [-0.3, -0.25) is 0 Å². The normalized spacial score (nSPS) is 14.3. The molecule has 1 rings (SSSR count). The Labute approximate surface area is 114 Å². The molecule has 0 spiro atoms. The molecule has 108 valence electrons. The van der Waals surface area contributed by atoms with Crippen LogP contribution in [0.1, 0.15) is 39.2 Å². The van der Waals surface area contributed by atoms with Crippen molar-refractivity contribution in [2.75, 3.05) is 11.9 Å². The highest BCUT2D eigenvalue weighted by molar-refractivity contribution is 5.51. The summed E-state index contributed by atoms with van der Waals surface area (Å²) in [6.07, 6.45) is 2.12. The molecule has 0 bridgehead atoms. The fraction of sp³-hybridized carbons (Fsp3) is 0.600. The van der Waals surface area contributed by atoms with Gasteiger partial charge < -0.3 is 10.6 Å². The van der Waals surface area contributed by atoms with Gasteiger partial charge in [-0.05, 0) is 43.9 Å². The van der Waals surface area contributed by atoms with Crippen molar-refractivity contribution < 1.29 is 8.78 Å². The minimum atomic E-state index is -0.513. The van der Waals surface area contributed by atoms with E-state index in [-0.39, 0.29) is 17.8 Å². The zero-order chi connectivity index (χ0) is 14.6. The van der Waals surface area contributed by atoms with Crippen LogP contribution in [-0.4, -0.2) is 19.1 Å². The third-order valence-corrected chi connectivity index (χ3v) is 3.70. The Morgan fingerprint density at radius 1 is 1.16 bits per heavy atom. The summed E-state index contributed by atoms with van der Waals surface area (Å²) in [6, 6.07) is 2.82. The first-order chi connectivity index (χ1) is 8.90.